The van der Waals surface area contributed by atoms with E-state index in [1.165, 1.54) is 12.1 Å². The van der Waals surface area contributed by atoms with Gasteiger partial charge in [-0.3, -0.25) is 9.59 Å². The summed E-state index contributed by atoms with van der Waals surface area (Å²) in [4.78, 5) is 22.6. The molecule has 17 heavy (non-hydrogen) atoms. The summed E-state index contributed by atoms with van der Waals surface area (Å²) < 4.78 is 4.68. The summed E-state index contributed by atoms with van der Waals surface area (Å²) in [6.07, 6.45) is 0. The molecular weight excluding hydrogens is 222 g/mol. The molecule has 0 fully saturated rings. The van der Waals surface area contributed by atoms with Crippen LogP contribution in [-0.2, 0) is 9.53 Å². The minimum atomic E-state index is -0.476. The molecule has 1 amide bonds. The van der Waals surface area contributed by atoms with Crippen molar-refractivity contribution in [3.63, 3.8) is 0 Å². The van der Waals surface area contributed by atoms with E-state index in [2.05, 4.69) is 10.1 Å². The number of benzene rings is 1. The van der Waals surface area contributed by atoms with Crippen LogP contribution in [0.15, 0.2) is 18.2 Å². The molecular formula is C12H15NO4. The molecule has 0 aliphatic heterocycles. The maximum Gasteiger partial charge on any atom is 0.325 e. The number of ether oxygens (including phenoxy) is 1. The number of rotatable bonds is 4. The molecule has 0 unspecified atom stereocenters. The topological polar surface area (TPSA) is 75.6 Å². The number of aromatic hydroxyl groups is 1. The van der Waals surface area contributed by atoms with Crippen molar-refractivity contribution in [3.05, 3.63) is 29.3 Å². The van der Waals surface area contributed by atoms with Gasteiger partial charge in [0.15, 0.2) is 0 Å². The molecule has 0 atom stereocenters. The van der Waals surface area contributed by atoms with E-state index in [0.29, 0.717) is 11.1 Å². The second-order valence-electron chi connectivity index (χ2n) is 3.49. The molecule has 2 N–H and O–H groups in total. The minimum absolute atomic E-state index is 0.131. The highest BCUT2D eigenvalue weighted by molar-refractivity contribution is 5.96. The molecule has 1 rings (SSSR count). The van der Waals surface area contributed by atoms with Crippen LogP contribution in [0, 0.1) is 6.92 Å². The van der Waals surface area contributed by atoms with Crippen LogP contribution in [0.5, 0.6) is 5.75 Å². The predicted octanol–water partition coefficient (Wildman–Crippen LogP) is 0.994. The number of amides is 1. The Balaban J connectivity index is 2.58. The summed E-state index contributed by atoms with van der Waals surface area (Å²) in [6.45, 7) is 3.51. The van der Waals surface area contributed by atoms with Crippen molar-refractivity contribution in [2.45, 2.75) is 13.8 Å². The lowest BCUT2D eigenvalue weighted by Crippen LogP contribution is -2.30. The first kappa shape index (κ1) is 13.0. The van der Waals surface area contributed by atoms with Gasteiger partial charge in [0.2, 0.25) is 0 Å². The highest BCUT2D eigenvalue weighted by Gasteiger charge is 2.09. The highest BCUT2D eigenvalue weighted by Crippen LogP contribution is 2.16. The average Bonchev–Trinajstić information content (AvgIpc) is 2.30. The van der Waals surface area contributed by atoms with Crippen LogP contribution in [0.4, 0.5) is 0 Å². The van der Waals surface area contributed by atoms with E-state index in [1.54, 1.807) is 19.9 Å². The second-order valence-corrected chi connectivity index (χ2v) is 3.49. The third-order valence-electron chi connectivity index (χ3n) is 2.16. The molecule has 0 aromatic heterocycles. The van der Waals surface area contributed by atoms with Gasteiger partial charge in [-0.1, -0.05) is 0 Å². The summed E-state index contributed by atoms with van der Waals surface area (Å²) in [5.74, 6) is -0.718. The summed E-state index contributed by atoms with van der Waals surface area (Å²) >= 11 is 0. The third kappa shape index (κ3) is 3.79. The normalized spacial score (nSPS) is 9.76. The number of esters is 1. The molecule has 92 valence electrons. The van der Waals surface area contributed by atoms with E-state index in [4.69, 9.17) is 0 Å². The van der Waals surface area contributed by atoms with E-state index >= 15 is 0 Å². The molecule has 1 aromatic carbocycles. The van der Waals surface area contributed by atoms with Gasteiger partial charge in [0.05, 0.1) is 6.61 Å². The van der Waals surface area contributed by atoms with Crippen molar-refractivity contribution >= 4 is 11.9 Å². The van der Waals surface area contributed by atoms with E-state index in [0.717, 1.165) is 0 Å². The molecule has 0 radical (unpaired) electrons. The monoisotopic (exact) mass is 237 g/mol. The predicted molar refractivity (Wildman–Crippen MR) is 61.8 cm³/mol. The van der Waals surface area contributed by atoms with Gasteiger partial charge in [0, 0.05) is 5.56 Å². The van der Waals surface area contributed by atoms with E-state index in [-0.39, 0.29) is 24.8 Å². The van der Waals surface area contributed by atoms with Crippen molar-refractivity contribution in [2.75, 3.05) is 13.2 Å². The molecule has 0 heterocycles. The standard InChI is InChI=1S/C12H15NO4/c1-3-17-11(15)7-13-12(16)9-4-5-10(14)8(2)6-9/h4-6,14H,3,7H2,1-2H3,(H,13,16). The lowest BCUT2D eigenvalue weighted by Gasteiger charge is -2.06. The Kier molecular flexibility index (Phi) is 4.51. The molecule has 5 heteroatoms. The first-order valence-corrected chi connectivity index (χ1v) is 5.28. The maximum atomic E-state index is 11.6. The van der Waals surface area contributed by atoms with Gasteiger partial charge in [0.1, 0.15) is 12.3 Å². The average molecular weight is 237 g/mol. The first-order valence-electron chi connectivity index (χ1n) is 5.28. The third-order valence-corrected chi connectivity index (χ3v) is 2.16. The zero-order valence-corrected chi connectivity index (χ0v) is 9.82. The SMILES string of the molecule is CCOC(=O)CNC(=O)c1ccc(O)c(C)c1. The number of phenols is 1. The smallest absolute Gasteiger partial charge is 0.325 e. The largest absolute Gasteiger partial charge is 0.508 e. The van der Waals surface area contributed by atoms with Crippen LogP contribution < -0.4 is 5.32 Å². The van der Waals surface area contributed by atoms with Gasteiger partial charge in [-0.2, -0.15) is 0 Å². The molecule has 0 spiro atoms. The minimum Gasteiger partial charge on any atom is -0.508 e. The van der Waals surface area contributed by atoms with Gasteiger partial charge in [-0.15, -0.1) is 0 Å². The number of hydrogen-bond donors (Lipinski definition) is 2. The van der Waals surface area contributed by atoms with Crippen molar-refractivity contribution in [1.82, 2.24) is 5.32 Å². The van der Waals surface area contributed by atoms with Crippen LogP contribution in [0.25, 0.3) is 0 Å². The van der Waals surface area contributed by atoms with Crippen molar-refractivity contribution in [3.8, 4) is 5.75 Å². The summed E-state index contributed by atoms with van der Waals surface area (Å²) in [5.41, 5.74) is 0.999. The summed E-state index contributed by atoms with van der Waals surface area (Å²) in [6, 6.07) is 4.48. The number of aryl methyl sites for hydroxylation is 1. The first-order chi connectivity index (χ1) is 8.04. The lowest BCUT2D eigenvalue weighted by molar-refractivity contribution is -0.141. The Hall–Kier alpha value is -2.04. The van der Waals surface area contributed by atoms with Crippen LogP contribution >= 0.6 is 0 Å². The Bertz CT molecular complexity index is 429. The second kappa shape index (κ2) is 5.89. The van der Waals surface area contributed by atoms with Gasteiger partial charge < -0.3 is 15.2 Å². The van der Waals surface area contributed by atoms with E-state index in [1.807, 2.05) is 0 Å². The van der Waals surface area contributed by atoms with E-state index in [9.17, 15) is 14.7 Å². The van der Waals surface area contributed by atoms with Crippen molar-refractivity contribution < 1.29 is 19.4 Å². The maximum absolute atomic E-state index is 11.6. The summed E-state index contributed by atoms with van der Waals surface area (Å²) in [5, 5.41) is 11.7. The van der Waals surface area contributed by atoms with Gasteiger partial charge in [-0.25, -0.2) is 0 Å². The highest BCUT2D eigenvalue weighted by atomic mass is 16.5. The molecule has 0 aliphatic rings. The molecule has 0 bridgehead atoms. The van der Waals surface area contributed by atoms with Crippen molar-refractivity contribution in [1.29, 1.82) is 0 Å². The molecule has 0 aliphatic carbocycles. The Morgan fingerprint density at radius 2 is 2.12 bits per heavy atom. The number of carbonyl (C=O) groups excluding carboxylic acids is 2. The van der Waals surface area contributed by atoms with Crippen LogP contribution in [0.1, 0.15) is 22.8 Å². The zero-order valence-electron chi connectivity index (χ0n) is 9.82. The van der Waals surface area contributed by atoms with Crippen LogP contribution in [0.3, 0.4) is 0 Å². The Morgan fingerprint density at radius 1 is 1.41 bits per heavy atom. The molecule has 5 nitrogen and oxygen atoms in total. The van der Waals surface area contributed by atoms with Gasteiger partial charge in [0.25, 0.3) is 5.91 Å². The molecule has 0 saturated carbocycles. The fourth-order valence-electron chi connectivity index (χ4n) is 1.26. The van der Waals surface area contributed by atoms with Crippen LogP contribution in [0.2, 0.25) is 0 Å². The summed E-state index contributed by atoms with van der Waals surface area (Å²) in [7, 11) is 0. The zero-order chi connectivity index (χ0) is 12.8. The number of nitrogens with one attached hydrogen (secondary N) is 1. The quantitative estimate of drug-likeness (QED) is 0.766. The Labute approximate surface area is 99.4 Å². The van der Waals surface area contributed by atoms with Crippen LogP contribution in [-0.4, -0.2) is 30.1 Å². The fourth-order valence-corrected chi connectivity index (χ4v) is 1.26. The number of phenolic OH excluding ortho intramolecular Hbond substituents is 1. The van der Waals surface area contributed by atoms with Gasteiger partial charge in [-0.05, 0) is 37.6 Å². The molecule has 0 saturated heterocycles. The molecule has 1 aromatic rings. The van der Waals surface area contributed by atoms with E-state index < -0.39 is 5.97 Å². The van der Waals surface area contributed by atoms with Crippen molar-refractivity contribution in [2.24, 2.45) is 0 Å². The fraction of sp³-hybridized carbons (Fsp3) is 0.333. The Morgan fingerprint density at radius 3 is 2.71 bits per heavy atom. The number of hydrogen-bond acceptors (Lipinski definition) is 4. The number of carbonyl (C=O) groups is 2. The van der Waals surface area contributed by atoms with Gasteiger partial charge >= 0.3 is 5.97 Å². The lowest BCUT2D eigenvalue weighted by atomic mass is 10.1.